The van der Waals surface area contributed by atoms with Crippen molar-refractivity contribution in [2.24, 2.45) is 5.92 Å². The molecular formula is C17H25BrFN. The number of nitrogens with one attached hydrogen (secondary N) is 1. The van der Waals surface area contributed by atoms with Gasteiger partial charge in [0.25, 0.3) is 0 Å². The van der Waals surface area contributed by atoms with Crippen LogP contribution in [-0.4, -0.2) is 6.54 Å². The van der Waals surface area contributed by atoms with E-state index < -0.39 is 0 Å². The lowest BCUT2D eigenvalue weighted by molar-refractivity contribution is 0.296. The highest BCUT2D eigenvalue weighted by molar-refractivity contribution is 9.10. The van der Waals surface area contributed by atoms with Crippen LogP contribution in [0.5, 0.6) is 0 Å². The van der Waals surface area contributed by atoms with Crippen LogP contribution in [0.1, 0.15) is 63.5 Å². The Kier molecular flexibility index (Phi) is 6.50. The van der Waals surface area contributed by atoms with E-state index in [2.05, 4.69) is 28.2 Å². The smallest absolute Gasteiger partial charge is 0.129 e. The van der Waals surface area contributed by atoms with E-state index in [1.807, 2.05) is 6.07 Å². The van der Waals surface area contributed by atoms with Crippen molar-refractivity contribution in [3.8, 4) is 0 Å². The Bertz CT molecular complexity index is 395. The predicted molar refractivity (Wildman–Crippen MR) is 86.3 cm³/mol. The zero-order valence-corrected chi connectivity index (χ0v) is 13.9. The molecule has 1 unspecified atom stereocenters. The van der Waals surface area contributed by atoms with Gasteiger partial charge in [-0.1, -0.05) is 61.0 Å². The molecule has 0 radical (unpaired) electrons. The summed E-state index contributed by atoms with van der Waals surface area (Å²) in [6.45, 7) is 3.10. The molecule has 3 heteroatoms. The molecule has 1 nitrogen and oxygen atoms in total. The molecule has 2 rings (SSSR count). The average Bonchev–Trinajstić information content (AvgIpc) is 2.45. The summed E-state index contributed by atoms with van der Waals surface area (Å²) in [6, 6.07) is 5.41. The first-order chi connectivity index (χ1) is 9.72. The van der Waals surface area contributed by atoms with E-state index in [-0.39, 0.29) is 11.9 Å². The molecule has 0 spiro atoms. The van der Waals surface area contributed by atoms with Gasteiger partial charge in [0, 0.05) is 16.1 Å². The standard InChI is InChI=1S/C17H25BrFN/c1-2-11-20-16(12-13-7-4-3-5-8-13)17-14(18)9-6-10-15(17)19/h6,9-10,13,16,20H,2-5,7-8,11-12H2,1H3. The number of halogens is 2. The first-order valence-electron chi connectivity index (χ1n) is 7.89. The lowest BCUT2D eigenvalue weighted by atomic mass is 9.83. The predicted octanol–water partition coefficient (Wildman–Crippen LogP) is 5.60. The fraction of sp³-hybridized carbons (Fsp3) is 0.647. The Morgan fingerprint density at radius 3 is 2.70 bits per heavy atom. The molecule has 1 aromatic rings. The van der Waals surface area contributed by atoms with E-state index in [0.717, 1.165) is 35.3 Å². The quantitative estimate of drug-likeness (QED) is 0.710. The molecule has 1 fully saturated rings. The Hall–Kier alpha value is -0.410. The van der Waals surface area contributed by atoms with Crippen LogP contribution in [0, 0.1) is 11.7 Å². The van der Waals surface area contributed by atoms with Crippen LogP contribution in [0.15, 0.2) is 22.7 Å². The van der Waals surface area contributed by atoms with Crippen LogP contribution >= 0.6 is 15.9 Å². The fourth-order valence-electron chi connectivity index (χ4n) is 3.22. The van der Waals surface area contributed by atoms with Crippen molar-refractivity contribution in [3.63, 3.8) is 0 Å². The van der Waals surface area contributed by atoms with Crippen LogP contribution in [0.4, 0.5) is 4.39 Å². The van der Waals surface area contributed by atoms with Crippen molar-refractivity contribution in [3.05, 3.63) is 34.1 Å². The van der Waals surface area contributed by atoms with Gasteiger partial charge < -0.3 is 5.32 Å². The molecule has 1 saturated carbocycles. The average molecular weight is 342 g/mol. The second-order valence-corrected chi connectivity index (χ2v) is 6.74. The lowest BCUT2D eigenvalue weighted by Gasteiger charge is -2.28. The summed E-state index contributed by atoms with van der Waals surface area (Å²) < 4.78 is 15.1. The topological polar surface area (TPSA) is 12.0 Å². The molecule has 0 heterocycles. The van der Waals surface area contributed by atoms with E-state index >= 15 is 0 Å². The lowest BCUT2D eigenvalue weighted by Crippen LogP contribution is -2.26. The minimum atomic E-state index is -0.0937. The molecule has 1 aliphatic carbocycles. The molecule has 0 aliphatic heterocycles. The molecule has 0 aromatic heterocycles. The van der Waals surface area contributed by atoms with E-state index in [1.54, 1.807) is 12.1 Å². The molecule has 112 valence electrons. The van der Waals surface area contributed by atoms with Crippen molar-refractivity contribution < 1.29 is 4.39 Å². The number of hydrogen-bond acceptors (Lipinski definition) is 1. The maximum atomic E-state index is 14.2. The molecule has 20 heavy (non-hydrogen) atoms. The summed E-state index contributed by atoms with van der Waals surface area (Å²) in [5.41, 5.74) is 0.812. The summed E-state index contributed by atoms with van der Waals surface area (Å²) in [5, 5.41) is 3.54. The summed E-state index contributed by atoms with van der Waals surface area (Å²) in [6.07, 6.45) is 8.78. The molecule has 1 aliphatic rings. The van der Waals surface area contributed by atoms with E-state index in [4.69, 9.17) is 0 Å². The van der Waals surface area contributed by atoms with Gasteiger partial charge in [0.2, 0.25) is 0 Å². The van der Waals surface area contributed by atoms with Crippen molar-refractivity contribution in [2.75, 3.05) is 6.54 Å². The Labute approximate surface area is 130 Å². The molecule has 1 N–H and O–H groups in total. The van der Waals surface area contributed by atoms with Gasteiger partial charge >= 0.3 is 0 Å². The monoisotopic (exact) mass is 341 g/mol. The molecule has 1 aromatic carbocycles. The van der Waals surface area contributed by atoms with E-state index in [9.17, 15) is 4.39 Å². The number of benzene rings is 1. The number of hydrogen-bond donors (Lipinski definition) is 1. The highest BCUT2D eigenvalue weighted by Gasteiger charge is 2.23. The maximum Gasteiger partial charge on any atom is 0.129 e. The van der Waals surface area contributed by atoms with Gasteiger partial charge in [-0.3, -0.25) is 0 Å². The minimum Gasteiger partial charge on any atom is -0.310 e. The third-order valence-corrected chi connectivity index (χ3v) is 4.97. The third-order valence-electron chi connectivity index (χ3n) is 4.28. The molecule has 0 bridgehead atoms. The molecular weight excluding hydrogens is 317 g/mol. The first-order valence-corrected chi connectivity index (χ1v) is 8.69. The molecule has 0 saturated heterocycles. The summed E-state index contributed by atoms with van der Waals surface area (Å²) in [5.74, 6) is 0.647. The fourth-order valence-corrected chi connectivity index (χ4v) is 3.84. The van der Waals surface area contributed by atoms with Gasteiger partial charge in [-0.25, -0.2) is 4.39 Å². The van der Waals surface area contributed by atoms with Crippen LogP contribution in [0.2, 0.25) is 0 Å². The SMILES string of the molecule is CCCNC(CC1CCCCC1)c1c(F)cccc1Br. The third kappa shape index (κ3) is 4.29. The van der Waals surface area contributed by atoms with Gasteiger partial charge in [0.05, 0.1) is 0 Å². The zero-order valence-electron chi connectivity index (χ0n) is 12.3. The normalized spacial score (nSPS) is 18.1. The first kappa shape index (κ1) is 16.0. The van der Waals surface area contributed by atoms with Gasteiger partial charge in [-0.2, -0.15) is 0 Å². The van der Waals surface area contributed by atoms with Crippen LogP contribution in [0.3, 0.4) is 0 Å². The van der Waals surface area contributed by atoms with Crippen molar-refractivity contribution in [1.29, 1.82) is 0 Å². The molecule has 1 atom stereocenters. The zero-order chi connectivity index (χ0) is 14.4. The summed E-state index contributed by atoms with van der Waals surface area (Å²) in [7, 11) is 0. The summed E-state index contributed by atoms with van der Waals surface area (Å²) in [4.78, 5) is 0. The largest absolute Gasteiger partial charge is 0.310 e. The van der Waals surface area contributed by atoms with Gasteiger partial charge in [-0.15, -0.1) is 0 Å². The van der Waals surface area contributed by atoms with Gasteiger partial charge in [0.15, 0.2) is 0 Å². The Morgan fingerprint density at radius 1 is 1.30 bits per heavy atom. The van der Waals surface area contributed by atoms with Crippen molar-refractivity contribution >= 4 is 15.9 Å². The molecule has 0 amide bonds. The second kappa shape index (κ2) is 8.14. The second-order valence-electron chi connectivity index (χ2n) is 5.88. The number of rotatable bonds is 6. The van der Waals surface area contributed by atoms with Crippen molar-refractivity contribution in [2.45, 2.75) is 57.9 Å². The Morgan fingerprint density at radius 2 is 2.05 bits per heavy atom. The highest BCUT2D eigenvalue weighted by atomic mass is 79.9. The van der Waals surface area contributed by atoms with Crippen molar-refractivity contribution in [1.82, 2.24) is 5.32 Å². The minimum absolute atomic E-state index is 0.0937. The Balaban J connectivity index is 2.13. The van der Waals surface area contributed by atoms with Crippen LogP contribution < -0.4 is 5.32 Å². The van der Waals surface area contributed by atoms with E-state index in [1.165, 1.54) is 32.1 Å². The van der Waals surface area contributed by atoms with Crippen LogP contribution in [0.25, 0.3) is 0 Å². The van der Waals surface area contributed by atoms with Crippen LogP contribution in [-0.2, 0) is 0 Å². The van der Waals surface area contributed by atoms with E-state index in [0.29, 0.717) is 0 Å². The van der Waals surface area contributed by atoms with Gasteiger partial charge in [-0.05, 0) is 37.4 Å². The summed E-state index contributed by atoms with van der Waals surface area (Å²) >= 11 is 3.52. The van der Waals surface area contributed by atoms with Gasteiger partial charge in [0.1, 0.15) is 5.82 Å². The highest BCUT2D eigenvalue weighted by Crippen LogP contribution is 2.35. The maximum absolute atomic E-state index is 14.2.